The molecule has 0 radical (unpaired) electrons. The molecule has 0 heteroatoms. The largest absolute Gasteiger partial charge is 0.0814 e. The van der Waals surface area contributed by atoms with Crippen LogP contribution in [-0.2, 0) is 0 Å². The third kappa shape index (κ3) is 0.946. The Morgan fingerprint density at radius 2 is 2.00 bits per heavy atom. The van der Waals surface area contributed by atoms with Gasteiger partial charge in [0, 0.05) is 0 Å². The van der Waals surface area contributed by atoms with Crippen LogP contribution in [0.1, 0.15) is 53.4 Å². The van der Waals surface area contributed by atoms with E-state index in [1.165, 1.54) is 25.7 Å². The quantitative estimate of drug-likeness (QED) is 0.513. The molecule has 0 aromatic rings. The minimum Gasteiger partial charge on any atom is -0.0814 e. The van der Waals surface area contributed by atoms with Crippen LogP contribution in [-0.4, -0.2) is 0 Å². The third-order valence-corrected chi connectivity index (χ3v) is 6.14. The van der Waals surface area contributed by atoms with E-state index in [-0.39, 0.29) is 0 Å². The van der Waals surface area contributed by atoms with Gasteiger partial charge >= 0.3 is 0 Å². The molecule has 4 atom stereocenters. The van der Waals surface area contributed by atoms with E-state index in [9.17, 15) is 0 Å². The molecule has 0 unspecified atom stereocenters. The van der Waals surface area contributed by atoms with Crippen molar-refractivity contribution in [2.45, 2.75) is 53.4 Å². The van der Waals surface area contributed by atoms with Gasteiger partial charge in [0.05, 0.1) is 0 Å². The first-order valence-electron chi connectivity index (χ1n) is 6.67. The normalized spacial score (nSPS) is 51.5. The van der Waals surface area contributed by atoms with Crippen molar-refractivity contribution in [3.8, 4) is 0 Å². The highest BCUT2D eigenvalue weighted by Gasteiger charge is 2.69. The van der Waals surface area contributed by atoms with E-state index in [2.05, 4.69) is 33.8 Å². The summed E-state index contributed by atoms with van der Waals surface area (Å²) in [7, 11) is 0. The van der Waals surface area contributed by atoms with E-state index < -0.39 is 0 Å². The van der Waals surface area contributed by atoms with Gasteiger partial charge in [-0.25, -0.2) is 0 Å². The molecule has 2 saturated carbocycles. The minimum atomic E-state index is 0.590. The van der Waals surface area contributed by atoms with Crippen molar-refractivity contribution in [1.82, 2.24) is 0 Å². The Morgan fingerprint density at radius 3 is 2.73 bits per heavy atom. The van der Waals surface area contributed by atoms with E-state index in [0.29, 0.717) is 5.41 Å². The maximum atomic E-state index is 2.63. The van der Waals surface area contributed by atoms with E-state index in [4.69, 9.17) is 0 Å². The van der Waals surface area contributed by atoms with Gasteiger partial charge in [0.25, 0.3) is 0 Å². The zero-order valence-electron chi connectivity index (χ0n) is 10.6. The summed E-state index contributed by atoms with van der Waals surface area (Å²) in [6.45, 7) is 9.86. The molecule has 84 valence electrons. The lowest BCUT2D eigenvalue weighted by atomic mass is 9.37. The highest BCUT2D eigenvalue weighted by Crippen LogP contribution is 2.75. The number of hydrogen-bond donors (Lipinski definition) is 0. The molecule has 2 fully saturated rings. The average molecular weight is 204 g/mol. The first-order valence-corrected chi connectivity index (χ1v) is 6.67. The lowest BCUT2D eigenvalue weighted by Gasteiger charge is -2.67. The molecule has 0 aromatic heterocycles. The summed E-state index contributed by atoms with van der Waals surface area (Å²) >= 11 is 0. The summed E-state index contributed by atoms with van der Waals surface area (Å²) in [4.78, 5) is 0. The fraction of sp³-hybridized carbons (Fsp3) is 0.867. The number of hydrogen-bond acceptors (Lipinski definition) is 0. The highest BCUT2D eigenvalue weighted by molar-refractivity contribution is 5.27. The Balaban J connectivity index is 2.05. The fourth-order valence-corrected chi connectivity index (χ4v) is 5.43. The first-order chi connectivity index (χ1) is 6.99. The predicted octanol–water partition coefficient (Wildman–Crippen LogP) is 4.42. The van der Waals surface area contributed by atoms with Gasteiger partial charge in [-0.3, -0.25) is 0 Å². The van der Waals surface area contributed by atoms with Gasteiger partial charge in [-0.15, -0.1) is 0 Å². The Kier molecular flexibility index (Phi) is 1.79. The van der Waals surface area contributed by atoms with Crippen molar-refractivity contribution >= 4 is 0 Å². The van der Waals surface area contributed by atoms with Crippen molar-refractivity contribution in [3.63, 3.8) is 0 Å². The fourth-order valence-electron chi connectivity index (χ4n) is 5.43. The van der Waals surface area contributed by atoms with E-state index >= 15 is 0 Å². The standard InChI is InChI=1S/C15H24/c1-10-7-8-15-11(2)5-6-12(15)14(3,4)13(15)9-10/h9,11-13H,5-8H2,1-4H3/t11-,12+,13+,15+/m1/s1. The van der Waals surface area contributed by atoms with Crippen LogP contribution >= 0.6 is 0 Å². The summed E-state index contributed by atoms with van der Waals surface area (Å²) in [5.41, 5.74) is 2.96. The van der Waals surface area contributed by atoms with Crippen molar-refractivity contribution < 1.29 is 0 Å². The summed E-state index contributed by atoms with van der Waals surface area (Å²) in [5.74, 6) is 2.89. The summed E-state index contributed by atoms with van der Waals surface area (Å²) < 4.78 is 0. The molecule has 0 aromatic carbocycles. The van der Waals surface area contributed by atoms with Crippen LogP contribution in [0, 0.1) is 28.6 Å². The lowest BCUT2D eigenvalue weighted by molar-refractivity contribution is -0.167. The van der Waals surface area contributed by atoms with Crippen LogP contribution in [0.3, 0.4) is 0 Å². The lowest BCUT2D eigenvalue weighted by Crippen LogP contribution is -2.61. The molecule has 0 amide bonds. The monoisotopic (exact) mass is 204 g/mol. The van der Waals surface area contributed by atoms with Crippen LogP contribution < -0.4 is 0 Å². The summed E-state index contributed by atoms with van der Waals surface area (Å²) in [5, 5.41) is 0. The van der Waals surface area contributed by atoms with E-state index in [1.807, 2.05) is 0 Å². The van der Waals surface area contributed by atoms with E-state index in [0.717, 1.165) is 23.2 Å². The second-order valence-corrected chi connectivity index (χ2v) is 6.96. The summed E-state index contributed by atoms with van der Waals surface area (Å²) in [6, 6.07) is 0. The Labute approximate surface area is 94.1 Å². The van der Waals surface area contributed by atoms with Crippen LogP contribution in [0.25, 0.3) is 0 Å². The predicted molar refractivity (Wildman–Crippen MR) is 64.6 cm³/mol. The van der Waals surface area contributed by atoms with Gasteiger partial charge in [0.15, 0.2) is 0 Å². The Hall–Kier alpha value is -0.260. The smallest absolute Gasteiger partial charge is 0.0115 e. The van der Waals surface area contributed by atoms with Gasteiger partial charge in [-0.1, -0.05) is 32.4 Å². The Morgan fingerprint density at radius 1 is 1.27 bits per heavy atom. The minimum absolute atomic E-state index is 0.590. The molecule has 0 saturated heterocycles. The first kappa shape index (κ1) is 9.93. The van der Waals surface area contributed by atoms with Gasteiger partial charge in [-0.05, 0) is 61.2 Å². The van der Waals surface area contributed by atoms with Crippen LogP contribution in [0.5, 0.6) is 0 Å². The number of rotatable bonds is 0. The average Bonchev–Trinajstić information content (AvgIpc) is 2.47. The van der Waals surface area contributed by atoms with Crippen molar-refractivity contribution in [2.24, 2.45) is 28.6 Å². The molecular weight excluding hydrogens is 180 g/mol. The van der Waals surface area contributed by atoms with E-state index in [1.54, 1.807) is 5.57 Å². The van der Waals surface area contributed by atoms with Gasteiger partial charge < -0.3 is 0 Å². The van der Waals surface area contributed by atoms with Crippen molar-refractivity contribution in [3.05, 3.63) is 11.6 Å². The third-order valence-electron chi connectivity index (χ3n) is 6.14. The van der Waals surface area contributed by atoms with Gasteiger partial charge in [0.1, 0.15) is 0 Å². The molecule has 1 spiro atoms. The zero-order valence-corrected chi connectivity index (χ0v) is 10.6. The van der Waals surface area contributed by atoms with Crippen LogP contribution in [0.2, 0.25) is 0 Å². The molecule has 3 rings (SSSR count). The topological polar surface area (TPSA) is 0 Å². The molecule has 0 bridgehead atoms. The Bertz CT molecular complexity index is 323. The SMILES string of the molecule is CC1=C[C@H]2C(C)(C)[C@@H]3CC[C@@H](C)[C@]23CC1. The van der Waals surface area contributed by atoms with Crippen molar-refractivity contribution in [1.29, 1.82) is 0 Å². The second-order valence-electron chi connectivity index (χ2n) is 6.96. The molecule has 0 nitrogen and oxygen atoms in total. The van der Waals surface area contributed by atoms with Crippen LogP contribution in [0.15, 0.2) is 11.6 Å². The highest BCUT2D eigenvalue weighted by atomic mass is 14.7. The van der Waals surface area contributed by atoms with Crippen LogP contribution in [0.4, 0.5) is 0 Å². The molecule has 3 aliphatic rings. The number of allylic oxidation sites excluding steroid dienone is 2. The maximum Gasteiger partial charge on any atom is -0.0115 e. The summed E-state index contributed by atoms with van der Waals surface area (Å²) in [6.07, 6.45) is 8.46. The molecule has 3 aliphatic carbocycles. The maximum absolute atomic E-state index is 2.63. The molecule has 0 N–H and O–H groups in total. The van der Waals surface area contributed by atoms with Crippen molar-refractivity contribution in [2.75, 3.05) is 0 Å². The molecule has 15 heavy (non-hydrogen) atoms. The zero-order chi connectivity index (χ0) is 10.8. The second kappa shape index (κ2) is 2.70. The molecular formula is C15H24. The molecule has 0 aliphatic heterocycles. The van der Waals surface area contributed by atoms with Gasteiger partial charge in [0.2, 0.25) is 0 Å². The van der Waals surface area contributed by atoms with Gasteiger partial charge in [-0.2, -0.15) is 0 Å². The molecule has 0 heterocycles.